The third-order valence-electron chi connectivity index (χ3n) is 2.62. The van der Waals surface area contributed by atoms with Gasteiger partial charge in [-0.05, 0) is 18.3 Å². The highest BCUT2D eigenvalue weighted by Crippen LogP contribution is 2.37. The van der Waals surface area contributed by atoms with E-state index in [4.69, 9.17) is 10.2 Å². The molecule has 5 nitrogen and oxygen atoms in total. The van der Waals surface area contributed by atoms with E-state index in [0.717, 1.165) is 18.4 Å². The van der Waals surface area contributed by atoms with E-state index in [2.05, 4.69) is 22.4 Å². The van der Waals surface area contributed by atoms with E-state index >= 15 is 0 Å². The molecule has 0 saturated heterocycles. The Kier molecular flexibility index (Phi) is 2.67. The number of hydrogen-bond acceptors (Lipinski definition) is 5. The van der Waals surface area contributed by atoms with Crippen LogP contribution in [0, 0.1) is 11.8 Å². The predicted octanol–water partition coefficient (Wildman–Crippen LogP) is 0.639. The minimum absolute atomic E-state index is 0.521. The van der Waals surface area contributed by atoms with E-state index in [1.54, 1.807) is 0 Å². The molecular formula is C9H16N4O. The van der Waals surface area contributed by atoms with E-state index < -0.39 is 0 Å². The molecule has 14 heavy (non-hydrogen) atoms. The van der Waals surface area contributed by atoms with Crippen molar-refractivity contribution in [2.24, 2.45) is 17.6 Å². The first-order valence-corrected chi connectivity index (χ1v) is 5.06. The van der Waals surface area contributed by atoms with Crippen molar-refractivity contribution < 1.29 is 4.42 Å². The zero-order chi connectivity index (χ0) is 9.97. The van der Waals surface area contributed by atoms with Crippen LogP contribution < -0.4 is 11.1 Å². The molecule has 0 radical (unpaired) electrons. The molecule has 2 atom stereocenters. The van der Waals surface area contributed by atoms with Gasteiger partial charge >= 0.3 is 6.01 Å². The van der Waals surface area contributed by atoms with Gasteiger partial charge < -0.3 is 15.5 Å². The summed E-state index contributed by atoms with van der Waals surface area (Å²) in [6.07, 6.45) is 1.95. The van der Waals surface area contributed by atoms with Crippen LogP contribution in [0.2, 0.25) is 0 Å². The zero-order valence-corrected chi connectivity index (χ0v) is 8.36. The number of hydrogen-bond donors (Lipinski definition) is 2. The van der Waals surface area contributed by atoms with Gasteiger partial charge in [0.2, 0.25) is 5.89 Å². The molecule has 1 fully saturated rings. The molecule has 1 aromatic heterocycles. The van der Waals surface area contributed by atoms with Crippen molar-refractivity contribution in [2.45, 2.75) is 19.8 Å². The van der Waals surface area contributed by atoms with Gasteiger partial charge in [0.05, 0.1) is 0 Å². The van der Waals surface area contributed by atoms with Gasteiger partial charge in [0, 0.05) is 19.5 Å². The fraction of sp³-hybridized carbons (Fsp3) is 0.778. The van der Waals surface area contributed by atoms with Gasteiger partial charge in [-0.3, -0.25) is 0 Å². The standard InChI is InChI=1S/C9H16N4O/c1-6-4-7(6)5-11-9-13-12-8(14-9)2-3-10/h6-7H,2-5,10H2,1H3,(H,11,13). The normalized spacial score (nSPS) is 25.0. The lowest BCUT2D eigenvalue weighted by atomic mass is 10.3. The summed E-state index contributed by atoms with van der Waals surface area (Å²) in [5, 5.41) is 10.9. The molecule has 5 heteroatoms. The van der Waals surface area contributed by atoms with E-state index in [0.29, 0.717) is 24.9 Å². The van der Waals surface area contributed by atoms with Gasteiger partial charge in [-0.2, -0.15) is 0 Å². The van der Waals surface area contributed by atoms with E-state index in [1.807, 2.05) is 0 Å². The first-order chi connectivity index (χ1) is 6.79. The molecule has 3 N–H and O–H groups in total. The number of nitrogens with one attached hydrogen (secondary N) is 1. The number of nitrogens with two attached hydrogens (primary N) is 1. The maximum atomic E-state index is 5.37. The van der Waals surface area contributed by atoms with Crippen molar-refractivity contribution in [1.82, 2.24) is 10.2 Å². The second-order valence-corrected chi connectivity index (χ2v) is 3.89. The highest BCUT2D eigenvalue weighted by atomic mass is 16.4. The van der Waals surface area contributed by atoms with Crippen LogP contribution in [0.3, 0.4) is 0 Å². The Balaban J connectivity index is 1.78. The summed E-state index contributed by atoms with van der Waals surface area (Å²) >= 11 is 0. The molecule has 1 saturated carbocycles. The second-order valence-electron chi connectivity index (χ2n) is 3.89. The molecule has 78 valence electrons. The molecule has 1 aliphatic carbocycles. The molecule has 2 rings (SSSR count). The summed E-state index contributed by atoms with van der Waals surface area (Å²) < 4.78 is 5.32. The number of anilines is 1. The smallest absolute Gasteiger partial charge is 0.315 e. The lowest BCUT2D eigenvalue weighted by Gasteiger charge is -1.97. The molecule has 0 bridgehead atoms. The van der Waals surface area contributed by atoms with Crippen molar-refractivity contribution in [3.63, 3.8) is 0 Å². The molecule has 0 amide bonds. The summed E-state index contributed by atoms with van der Waals surface area (Å²) in [5.74, 6) is 2.23. The molecule has 0 aliphatic heterocycles. The summed E-state index contributed by atoms with van der Waals surface area (Å²) in [6.45, 7) is 3.73. The molecular weight excluding hydrogens is 180 g/mol. The molecule has 1 heterocycles. The first-order valence-electron chi connectivity index (χ1n) is 5.06. The highest BCUT2D eigenvalue weighted by Gasteiger charge is 2.32. The number of aromatic nitrogens is 2. The maximum Gasteiger partial charge on any atom is 0.315 e. The van der Waals surface area contributed by atoms with Crippen LogP contribution in [-0.4, -0.2) is 23.3 Å². The minimum Gasteiger partial charge on any atom is -0.408 e. The first kappa shape index (κ1) is 9.45. The van der Waals surface area contributed by atoms with Gasteiger partial charge in [-0.25, -0.2) is 0 Å². The van der Waals surface area contributed by atoms with Crippen LogP contribution in [0.25, 0.3) is 0 Å². The maximum absolute atomic E-state index is 5.37. The molecule has 0 aromatic carbocycles. The Hall–Kier alpha value is -1.10. The van der Waals surface area contributed by atoms with Crippen LogP contribution in [0.4, 0.5) is 6.01 Å². The van der Waals surface area contributed by atoms with Crippen LogP contribution >= 0.6 is 0 Å². The van der Waals surface area contributed by atoms with Crippen LogP contribution in [-0.2, 0) is 6.42 Å². The third kappa shape index (κ3) is 2.23. The predicted molar refractivity (Wildman–Crippen MR) is 52.8 cm³/mol. The third-order valence-corrected chi connectivity index (χ3v) is 2.62. The Morgan fingerprint density at radius 1 is 1.57 bits per heavy atom. The Morgan fingerprint density at radius 3 is 3.00 bits per heavy atom. The van der Waals surface area contributed by atoms with Crippen molar-refractivity contribution >= 4 is 6.01 Å². The fourth-order valence-electron chi connectivity index (χ4n) is 1.45. The van der Waals surface area contributed by atoms with Gasteiger partial charge in [-0.15, -0.1) is 5.10 Å². The topological polar surface area (TPSA) is 77.0 Å². The number of nitrogens with zero attached hydrogens (tertiary/aromatic N) is 2. The Bertz CT molecular complexity index is 299. The quantitative estimate of drug-likeness (QED) is 0.722. The molecule has 2 unspecified atom stereocenters. The van der Waals surface area contributed by atoms with Crippen molar-refractivity contribution in [2.75, 3.05) is 18.4 Å². The van der Waals surface area contributed by atoms with E-state index in [9.17, 15) is 0 Å². The largest absolute Gasteiger partial charge is 0.408 e. The van der Waals surface area contributed by atoms with Crippen molar-refractivity contribution in [1.29, 1.82) is 0 Å². The average Bonchev–Trinajstić information content (AvgIpc) is 2.69. The Morgan fingerprint density at radius 2 is 2.36 bits per heavy atom. The zero-order valence-electron chi connectivity index (χ0n) is 8.36. The summed E-state index contributed by atoms with van der Waals surface area (Å²) in [5.41, 5.74) is 5.37. The van der Waals surface area contributed by atoms with E-state index in [-0.39, 0.29) is 0 Å². The lowest BCUT2D eigenvalue weighted by Crippen LogP contribution is -2.04. The van der Waals surface area contributed by atoms with Crippen LogP contribution in [0.1, 0.15) is 19.2 Å². The summed E-state index contributed by atoms with van der Waals surface area (Å²) in [4.78, 5) is 0. The molecule has 0 spiro atoms. The van der Waals surface area contributed by atoms with Gasteiger partial charge in [-0.1, -0.05) is 12.0 Å². The Labute approximate surface area is 83.1 Å². The average molecular weight is 196 g/mol. The van der Waals surface area contributed by atoms with E-state index in [1.165, 1.54) is 6.42 Å². The highest BCUT2D eigenvalue weighted by molar-refractivity contribution is 5.18. The van der Waals surface area contributed by atoms with Gasteiger partial charge in [0.15, 0.2) is 0 Å². The summed E-state index contributed by atoms with van der Waals surface area (Å²) in [7, 11) is 0. The van der Waals surface area contributed by atoms with Crippen LogP contribution in [0.15, 0.2) is 4.42 Å². The minimum atomic E-state index is 0.521. The van der Waals surface area contributed by atoms with Crippen molar-refractivity contribution in [3.05, 3.63) is 5.89 Å². The lowest BCUT2D eigenvalue weighted by molar-refractivity contribution is 0.504. The molecule has 1 aromatic rings. The van der Waals surface area contributed by atoms with Crippen LogP contribution in [0.5, 0.6) is 0 Å². The SMILES string of the molecule is CC1CC1CNc1nnc(CCN)o1. The monoisotopic (exact) mass is 196 g/mol. The van der Waals surface area contributed by atoms with Crippen molar-refractivity contribution in [3.8, 4) is 0 Å². The van der Waals surface area contributed by atoms with Gasteiger partial charge in [0.1, 0.15) is 0 Å². The summed E-state index contributed by atoms with van der Waals surface area (Å²) in [6, 6.07) is 0.521. The fourth-order valence-corrected chi connectivity index (χ4v) is 1.45. The van der Waals surface area contributed by atoms with Gasteiger partial charge in [0.25, 0.3) is 0 Å². The second kappa shape index (κ2) is 3.96. The number of rotatable bonds is 5. The molecule has 1 aliphatic rings.